The smallest absolute Gasteiger partial charge is 0.333 e. The lowest BCUT2D eigenvalue weighted by molar-refractivity contribution is -0.858. The summed E-state index contributed by atoms with van der Waals surface area (Å²) in [6.45, 7) is 9.79. The summed E-state index contributed by atoms with van der Waals surface area (Å²) < 4.78 is 34.5. The van der Waals surface area contributed by atoms with Crippen molar-refractivity contribution in [3.63, 3.8) is 0 Å². The highest BCUT2D eigenvalue weighted by molar-refractivity contribution is 7.85. The minimum absolute atomic E-state index is 0.0579. The Hall–Kier alpha value is -0.920. The molecule has 1 N–H and O–H groups in total. The summed E-state index contributed by atoms with van der Waals surface area (Å²) in [6.07, 6.45) is 0. The lowest BCUT2D eigenvalue weighted by atomic mass is 10.3. The van der Waals surface area contributed by atoms with E-state index in [9.17, 15) is 17.8 Å². The van der Waals surface area contributed by atoms with Gasteiger partial charge in [-0.15, -0.1) is 0 Å². The lowest BCUT2D eigenvalue weighted by Crippen LogP contribution is -3.06. The van der Waals surface area contributed by atoms with Crippen LogP contribution in [-0.2, 0) is 19.6 Å². The SMILES string of the molecule is C=C(C)C(=O)OCC[NH+](C)C.CC(C)CS(=O)(=O)[O-]. The standard InChI is InChI=1S/C8H15NO2.C4H10O3S/c1-7(2)8(10)11-6-5-9(3)4;1-4(2)3-8(5,6)7/h1,5-6H2,2-4H3;4H,3H2,1-2H3,(H,5,6,7). The third kappa shape index (κ3) is 19.6. The maximum atomic E-state index is 10.8. The summed E-state index contributed by atoms with van der Waals surface area (Å²) >= 11 is 0. The molecule has 7 heteroatoms. The molecule has 0 saturated heterocycles. The summed E-state index contributed by atoms with van der Waals surface area (Å²) in [5, 5.41) is 0. The van der Waals surface area contributed by atoms with Gasteiger partial charge in [0.2, 0.25) is 0 Å². The van der Waals surface area contributed by atoms with Gasteiger partial charge in [-0.2, -0.15) is 0 Å². The number of hydrogen-bond acceptors (Lipinski definition) is 5. The third-order valence-corrected chi connectivity index (χ3v) is 2.80. The molecule has 0 amide bonds. The molecule has 0 aromatic rings. The molecule has 0 aliphatic carbocycles. The van der Waals surface area contributed by atoms with Crippen LogP contribution in [0.3, 0.4) is 0 Å². The Balaban J connectivity index is 0. The maximum Gasteiger partial charge on any atom is 0.333 e. The van der Waals surface area contributed by atoms with Gasteiger partial charge in [0.15, 0.2) is 0 Å². The van der Waals surface area contributed by atoms with Crippen LogP contribution in [0.4, 0.5) is 0 Å². The van der Waals surface area contributed by atoms with Crippen molar-refractivity contribution in [1.82, 2.24) is 0 Å². The summed E-state index contributed by atoms with van der Waals surface area (Å²) in [7, 11) is 0.0437. The Morgan fingerprint density at radius 2 is 1.84 bits per heavy atom. The first-order valence-corrected chi connectivity index (χ1v) is 7.58. The predicted molar refractivity (Wildman–Crippen MR) is 72.9 cm³/mol. The summed E-state index contributed by atoms with van der Waals surface area (Å²) in [5.74, 6) is -0.615. The van der Waals surface area contributed by atoms with Crippen molar-refractivity contribution < 1.29 is 27.4 Å². The van der Waals surface area contributed by atoms with Gasteiger partial charge in [0.25, 0.3) is 0 Å². The van der Waals surface area contributed by atoms with E-state index < -0.39 is 10.1 Å². The predicted octanol–water partition coefficient (Wildman–Crippen LogP) is -0.562. The molecule has 0 bridgehead atoms. The van der Waals surface area contributed by atoms with Gasteiger partial charge in [-0.25, -0.2) is 13.2 Å². The minimum atomic E-state index is -3.97. The molecule has 0 spiro atoms. The van der Waals surface area contributed by atoms with E-state index in [2.05, 4.69) is 6.58 Å². The molecule has 0 atom stereocenters. The molecule has 0 heterocycles. The minimum Gasteiger partial charge on any atom is -0.748 e. The fraction of sp³-hybridized carbons (Fsp3) is 0.750. The molecule has 0 aromatic carbocycles. The highest BCUT2D eigenvalue weighted by atomic mass is 32.2. The maximum absolute atomic E-state index is 10.8. The number of quaternary nitrogens is 1. The van der Waals surface area contributed by atoms with Crippen LogP contribution in [0.25, 0.3) is 0 Å². The van der Waals surface area contributed by atoms with E-state index in [1.165, 1.54) is 4.90 Å². The summed E-state index contributed by atoms with van der Waals surface area (Å²) in [5.41, 5.74) is 0.457. The fourth-order valence-corrected chi connectivity index (χ4v) is 1.70. The molecule has 0 aromatic heterocycles. The van der Waals surface area contributed by atoms with E-state index in [0.717, 1.165) is 6.54 Å². The van der Waals surface area contributed by atoms with Gasteiger partial charge in [-0.05, 0) is 12.8 Å². The number of nitrogens with one attached hydrogen (secondary N) is 1. The molecule has 19 heavy (non-hydrogen) atoms. The second-order valence-corrected chi connectivity index (χ2v) is 6.44. The number of hydrogen-bond donors (Lipinski definition) is 1. The average molecular weight is 295 g/mol. The number of carbonyl (C=O) groups excluding carboxylic acids is 1. The average Bonchev–Trinajstić information content (AvgIpc) is 2.13. The molecule has 0 radical (unpaired) electrons. The zero-order chi connectivity index (χ0) is 15.6. The van der Waals surface area contributed by atoms with Crippen molar-refractivity contribution in [3.05, 3.63) is 12.2 Å². The molecule has 114 valence electrons. The van der Waals surface area contributed by atoms with E-state index in [0.29, 0.717) is 12.2 Å². The Labute approximate surface area is 116 Å². The van der Waals surface area contributed by atoms with Gasteiger partial charge < -0.3 is 14.2 Å². The van der Waals surface area contributed by atoms with Crippen molar-refractivity contribution >= 4 is 16.1 Å². The van der Waals surface area contributed by atoms with Crippen LogP contribution in [0.1, 0.15) is 20.8 Å². The monoisotopic (exact) mass is 295 g/mol. The molecular formula is C12H25NO5S. The molecule has 0 rings (SSSR count). The summed E-state index contributed by atoms with van der Waals surface area (Å²) in [4.78, 5) is 12.1. The zero-order valence-electron chi connectivity index (χ0n) is 12.4. The van der Waals surface area contributed by atoms with Crippen molar-refractivity contribution in [3.8, 4) is 0 Å². The first-order valence-electron chi connectivity index (χ1n) is 6.01. The number of esters is 1. The first kappa shape index (κ1) is 20.4. The molecule has 6 nitrogen and oxygen atoms in total. The van der Waals surface area contributed by atoms with E-state index >= 15 is 0 Å². The van der Waals surface area contributed by atoms with Gasteiger partial charge >= 0.3 is 5.97 Å². The second kappa shape index (κ2) is 9.94. The molecule has 0 unspecified atom stereocenters. The van der Waals surface area contributed by atoms with Crippen LogP contribution in [0.15, 0.2) is 12.2 Å². The quantitative estimate of drug-likeness (QED) is 0.403. The highest BCUT2D eigenvalue weighted by Gasteiger charge is 2.02. The Morgan fingerprint density at radius 1 is 1.37 bits per heavy atom. The second-order valence-electron chi connectivity index (χ2n) is 4.99. The van der Waals surface area contributed by atoms with Crippen LogP contribution in [0.2, 0.25) is 0 Å². The zero-order valence-corrected chi connectivity index (χ0v) is 13.2. The molecule has 0 saturated carbocycles. The van der Waals surface area contributed by atoms with Crippen LogP contribution in [-0.4, -0.2) is 51.9 Å². The van der Waals surface area contributed by atoms with Crippen LogP contribution in [0.5, 0.6) is 0 Å². The largest absolute Gasteiger partial charge is 0.748 e. The number of carbonyl (C=O) groups is 1. The highest BCUT2D eigenvalue weighted by Crippen LogP contribution is 1.95. The Bertz CT molecular complexity index is 374. The fourth-order valence-electron chi connectivity index (χ4n) is 0.879. The van der Waals surface area contributed by atoms with Crippen molar-refractivity contribution in [1.29, 1.82) is 0 Å². The number of likely N-dealkylation sites (N-methyl/N-ethyl adjacent to an activating group) is 1. The van der Waals surface area contributed by atoms with E-state index in [-0.39, 0.29) is 17.6 Å². The normalized spacial score (nSPS) is 10.9. The Kier molecular flexibility index (Phi) is 10.7. The number of ether oxygens (including phenoxy) is 1. The molecule has 0 aliphatic rings. The van der Waals surface area contributed by atoms with Gasteiger partial charge in [0.1, 0.15) is 13.2 Å². The molecule has 0 fully saturated rings. The van der Waals surface area contributed by atoms with Crippen molar-refractivity contribution in [2.24, 2.45) is 5.92 Å². The van der Waals surface area contributed by atoms with Gasteiger partial charge in [0.05, 0.1) is 24.2 Å². The van der Waals surface area contributed by atoms with E-state index in [1.807, 2.05) is 14.1 Å². The van der Waals surface area contributed by atoms with Crippen LogP contribution < -0.4 is 4.90 Å². The topological polar surface area (TPSA) is 87.9 Å². The van der Waals surface area contributed by atoms with Crippen molar-refractivity contribution in [2.45, 2.75) is 20.8 Å². The van der Waals surface area contributed by atoms with Crippen molar-refractivity contribution in [2.75, 3.05) is 33.0 Å². The van der Waals surface area contributed by atoms with Gasteiger partial charge in [0, 0.05) is 11.3 Å². The van der Waals surface area contributed by atoms with Gasteiger partial charge in [-0.3, -0.25) is 0 Å². The van der Waals surface area contributed by atoms with Gasteiger partial charge in [-0.1, -0.05) is 20.4 Å². The van der Waals surface area contributed by atoms with E-state index in [4.69, 9.17) is 4.74 Å². The van der Waals surface area contributed by atoms with Crippen LogP contribution in [0, 0.1) is 5.92 Å². The molecule has 0 aliphatic heterocycles. The lowest BCUT2D eigenvalue weighted by Gasteiger charge is -2.07. The van der Waals surface area contributed by atoms with E-state index in [1.54, 1.807) is 20.8 Å². The number of rotatable bonds is 6. The third-order valence-electron chi connectivity index (χ3n) is 1.72. The first-order chi connectivity index (χ1) is 8.45. The molecular weight excluding hydrogens is 270 g/mol. The van der Waals surface area contributed by atoms with Crippen LogP contribution >= 0.6 is 0 Å². The summed E-state index contributed by atoms with van der Waals surface area (Å²) in [6, 6.07) is 0. The Morgan fingerprint density at radius 3 is 2.05 bits per heavy atom.